The highest BCUT2D eigenvalue weighted by Gasteiger charge is 2.50. The smallest absolute Gasteiger partial charge is 0.210 e. The van der Waals surface area contributed by atoms with Crippen LogP contribution in [0.15, 0.2) is 21.7 Å². The Kier molecular flexibility index (Phi) is 3.02. The minimum atomic E-state index is -3.29. The highest BCUT2D eigenvalue weighted by molar-refractivity contribution is 7.91. The Morgan fingerprint density at radius 3 is 2.25 bits per heavy atom. The van der Waals surface area contributed by atoms with Crippen molar-refractivity contribution in [2.24, 2.45) is 23.2 Å². The molecule has 0 aromatic carbocycles. The van der Waals surface area contributed by atoms with Gasteiger partial charge in [-0.3, -0.25) is 0 Å². The second kappa shape index (κ2) is 4.55. The van der Waals surface area contributed by atoms with E-state index in [1.807, 2.05) is 5.38 Å². The van der Waals surface area contributed by atoms with Gasteiger partial charge in [-0.2, -0.15) is 0 Å². The zero-order valence-electron chi connectivity index (χ0n) is 11.5. The van der Waals surface area contributed by atoms with Crippen LogP contribution in [0.2, 0.25) is 0 Å². The summed E-state index contributed by atoms with van der Waals surface area (Å²) in [6.45, 7) is 0.650. The van der Waals surface area contributed by atoms with E-state index in [4.69, 9.17) is 0 Å². The molecule has 0 radical (unpaired) electrons. The lowest BCUT2D eigenvalue weighted by atomic mass is 9.50. The quantitative estimate of drug-likeness (QED) is 0.928. The fraction of sp³-hybridized carbons (Fsp3) is 0.733. The molecule has 0 atom stereocenters. The summed E-state index contributed by atoms with van der Waals surface area (Å²) in [4.78, 5) is 0. The largest absolute Gasteiger partial charge is 0.250 e. The fourth-order valence-corrected chi connectivity index (χ4v) is 7.44. The van der Waals surface area contributed by atoms with Crippen LogP contribution in [0.5, 0.6) is 0 Å². The van der Waals surface area contributed by atoms with Crippen molar-refractivity contribution in [1.82, 2.24) is 4.72 Å². The van der Waals surface area contributed by atoms with Crippen molar-refractivity contribution >= 4 is 21.4 Å². The maximum Gasteiger partial charge on any atom is 0.250 e. The predicted molar refractivity (Wildman–Crippen MR) is 80.1 cm³/mol. The van der Waals surface area contributed by atoms with Crippen molar-refractivity contribution in [2.45, 2.75) is 42.7 Å². The van der Waals surface area contributed by atoms with E-state index >= 15 is 0 Å². The molecule has 20 heavy (non-hydrogen) atoms. The zero-order chi connectivity index (χ0) is 13.8. The average Bonchev–Trinajstić information content (AvgIpc) is 2.90. The van der Waals surface area contributed by atoms with Gasteiger partial charge in [0.25, 0.3) is 0 Å². The number of hydrogen-bond acceptors (Lipinski definition) is 3. The Morgan fingerprint density at radius 2 is 1.75 bits per heavy atom. The predicted octanol–water partition coefficient (Wildman–Crippen LogP) is 3.24. The summed E-state index contributed by atoms with van der Waals surface area (Å²) in [6.07, 6.45) is 7.93. The maximum atomic E-state index is 12.3. The Labute approximate surface area is 124 Å². The average molecular weight is 311 g/mol. The van der Waals surface area contributed by atoms with Crippen molar-refractivity contribution in [2.75, 3.05) is 6.54 Å². The molecule has 4 saturated carbocycles. The molecule has 4 aliphatic rings. The molecule has 0 spiro atoms. The summed E-state index contributed by atoms with van der Waals surface area (Å²) in [7, 11) is -3.29. The first-order valence-electron chi connectivity index (χ1n) is 7.58. The summed E-state index contributed by atoms with van der Waals surface area (Å²) >= 11 is 1.30. The molecular weight excluding hydrogens is 290 g/mol. The van der Waals surface area contributed by atoms with Gasteiger partial charge >= 0.3 is 0 Å². The second-order valence-corrected chi connectivity index (χ2v) is 10.1. The molecule has 110 valence electrons. The van der Waals surface area contributed by atoms with Crippen molar-refractivity contribution in [3.8, 4) is 0 Å². The summed E-state index contributed by atoms with van der Waals surface area (Å²) in [6, 6.07) is 3.48. The number of hydrogen-bond donors (Lipinski definition) is 1. The highest BCUT2D eigenvalue weighted by Crippen LogP contribution is 2.59. The van der Waals surface area contributed by atoms with E-state index in [0.717, 1.165) is 17.8 Å². The number of sulfonamides is 1. The Bertz CT molecular complexity index is 556. The van der Waals surface area contributed by atoms with Gasteiger partial charge in [-0.1, -0.05) is 6.07 Å². The minimum absolute atomic E-state index is 0.263. The number of thiophene rings is 1. The fourth-order valence-electron chi connectivity index (χ4n) is 5.24. The molecular formula is C15H21NO2S2. The van der Waals surface area contributed by atoms with Crippen LogP contribution < -0.4 is 4.72 Å². The topological polar surface area (TPSA) is 46.2 Å². The second-order valence-electron chi connectivity index (χ2n) is 7.17. The van der Waals surface area contributed by atoms with Crippen LogP contribution in [-0.4, -0.2) is 15.0 Å². The van der Waals surface area contributed by atoms with Crippen LogP contribution in [0.1, 0.15) is 38.5 Å². The van der Waals surface area contributed by atoms with Gasteiger partial charge in [0.05, 0.1) is 0 Å². The van der Waals surface area contributed by atoms with Gasteiger partial charge in [-0.05, 0) is 73.1 Å². The third-order valence-electron chi connectivity index (χ3n) is 5.56. The molecule has 5 heteroatoms. The van der Waals surface area contributed by atoms with E-state index in [1.54, 1.807) is 12.1 Å². The molecule has 0 saturated heterocycles. The van der Waals surface area contributed by atoms with Crippen LogP contribution in [-0.2, 0) is 10.0 Å². The molecule has 0 unspecified atom stereocenters. The molecule has 0 amide bonds. The SMILES string of the molecule is O=S(=O)(NCC12CC3CC(CC(C3)C1)C2)c1cccs1. The lowest BCUT2D eigenvalue weighted by molar-refractivity contribution is -0.0487. The van der Waals surface area contributed by atoms with Gasteiger partial charge in [0.1, 0.15) is 4.21 Å². The first-order chi connectivity index (χ1) is 9.55. The van der Waals surface area contributed by atoms with Crippen LogP contribution in [0.4, 0.5) is 0 Å². The summed E-state index contributed by atoms with van der Waals surface area (Å²) in [5.74, 6) is 2.60. The summed E-state index contributed by atoms with van der Waals surface area (Å²) in [5, 5.41) is 1.82. The molecule has 1 heterocycles. The standard InChI is InChI=1S/C15H21NO2S2/c17-20(18,14-2-1-3-19-14)16-10-15-7-11-4-12(8-15)6-13(5-11)9-15/h1-3,11-13,16H,4-10H2. The van der Waals surface area contributed by atoms with Crippen molar-refractivity contribution in [3.63, 3.8) is 0 Å². The third kappa shape index (κ3) is 2.24. The normalized spacial score (nSPS) is 39.3. The van der Waals surface area contributed by atoms with Crippen LogP contribution >= 0.6 is 11.3 Å². The molecule has 4 bridgehead atoms. The molecule has 3 nitrogen and oxygen atoms in total. The Morgan fingerprint density at radius 1 is 1.15 bits per heavy atom. The first kappa shape index (κ1) is 13.3. The molecule has 4 aliphatic carbocycles. The number of nitrogens with one attached hydrogen (secondary N) is 1. The van der Waals surface area contributed by atoms with Gasteiger partial charge in [-0.25, -0.2) is 13.1 Å². The zero-order valence-corrected chi connectivity index (χ0v) is 13.2. The van der Waals surface area contributed by atoms with Crippen LogP contribution in [0.3, 0.4) is 0 Å². The maximum absolute atomic E-state index is 12.3. The van der Waals surface area contributed by atoms with Gasteiger partial charge in [0.2, 0.25) is 10.0 Å². The van der Waals surface area contributed by atoms with E-state index in [-0.39, 0.29) is 5.41 Å². The molecule has 1 aromatic rings. The van der Waals surface area contributed by atoms with Crippen LogP contribution in [0.25, 0.3) is 0 Å². The minimum Gasteiger partial charge on any atom is -0.210 e. The molecule has 4 fully saturated rings. The van der Waals surface area contributed by atoms with Crippen LogP contribution in [0, 0.1) is 23.2 Å². The van der Waals surface area contributed by atoms with E-state index in [9.17, 15) is 8.42 Å². The summed E-state index contributed by atoms with van der Waals surface area (Å²) in [5.41, 5.74) is 0.263. The number of rotatable bonds is 4. The molecule has 1 N–H and O–H groups in total. The van der Waals surface area contributed by atoms with Crippen molar-refractivity contribution in [3.05, 3.63) is 17.5 Å². The molecule has 1 aromatic heterocycles. The van der Waals surface area contributed by atoms with Gasteiger partial charge < -0.3 is 0 Å². The van der Waals surface area contributed by atoms with Gasteiger partial charge in [0.15, 0.2) is 0 Å². The Balaban J connectivity index is 1.50. The molecule has 5 rings (SSSR count). The van der Waals surface area contributed by atoms with Gasteiger partial charge in [0, 0.05) is 6.54 Å². The lowest BCUT2D eigenvalue weighted by Crippen LogP contribution is -2.51. The third-order valence-corrected chi connectivity index (χ3v) is 8.36. The Hall–Kier alpha value is -0.390. The van der Waals surface area contributed by atoms with E-state index in [0.29, 0.717) is 10.8 Å². The van der Waals surface area contributed by atoms with Crippen molar-refractivity contribution in [1.29, 1.82) is 0 Å². The first-order valence-corrected chi connectivity index (χ1v) is 9.94. The monoisotopic (exact) mass is 311 g/mol. The highest BCUT2D eigenvalue weighted by atomic mass is 32.2. The van der Waals surface area contributed by atoms with Crippen molar-refractivity contribution < 1.29 is 8.42 Å². The lowest BCUT2D eigenvalue weighted by Gasteiger charge is -2.56. The van der Waals surface area contributed by atoms with E-state index in [2.05, 4.69) is 4.72 Å². The van der Waals surface area contributed by atoms with Gasteiger partial charge in [-0.15, -0.1) is 11.3 Å². The summed E-state index contributed by atoms with van der Waals surface area (Å²) < 4.78 is 27.9. The van der Waals surface area contributed by atoms with E-state index < -0.39 is 10.0 Å². The van der Waals surface area contributed by atoms with E-state index in [1.165, 1.54) is 49.9 Å². The molecule has 0 aliphatic heterocycles.